The molecule has 28 heavy (non-hydrogen) atoms. The van der Waals surface area contributed by atoms with E-state index in [0.29, 0.717) is 22.8 Å². The van der Waals surface area contributed by atoms with Gasteiger partial charge >= 0.3 is 5.00 Å². The lowest BCUT2D eigenvalue weighted by molar-refractivity contribution is -0.380. The van der Waals surface area contributed by atoms with Crippen LogP contribution in [0.25, 0.3) is 0 Å². The summed E-state index contributed by atoms with van der Waals surface area (Å²) >= 11 is 4.38. The summed E-state index contributed by atoms with van der Waals surface area (Å²) in [6.07, 6.45) is 1.36. The second-order valence-electron chi connectivity index (χ2n) is 5.55. The van der Waals surface area contributed by atoms with Gasteiger partial charge in [0.05, 0.1) is 21.6 Å². The second-order valence-corrected chi connectivity index (χ2v) is 7.56. The molecule has 1 N–H and O–H groups in total. The van der Waals surface area contributed by atoms with Crippen LogP contribution in [0.15, 0.2) is 70.2 Å². The van der Waals surface area contributed by atoms with E-state index in [2.05, 4.69) is 26.5 Å². The molecule has 0 aliphatic carbocycles. The summed E-state index contributed by atoms with van der Waals surface area (Å²) in [4.78, 5) is 23.2. The maximum Gasteiger partial charge on any atom is 0.324 e. The molecule has 7 nitrogen and oxygen atoms in total. The summed E-state index contributed by atoms with van der Waals surface area (Å²) in [6.45, 7) is 0.311. The zero-order valence-corrected chi connectivity index (χ0v) is 16.8. The average molecular weight is 460 g/mol. The fourth-order valence-corrected chi connectivity index (χ4v) is 3.43. The fraction of sp³-hybridized carbons (Fsp3) is 0.0526. The number of nitro groups is 1. The van der Waals surface area contributed by atoms with Gasteiger partial charge in [-0.25, -0.2) is 5.43 Å². The van der Waals surface area contributed by atoms with Crippen LogP contribution in [0, 0.1) is 10.1 Å². The Morgan fingerprint density at radius 2 is 2.04 bits per heavy atom. The highest BCUT2D eigenvalue weighted by atomic mass is 79.9. The number of hydrazone groups is 1. The zero-order chi connectivity index (χ0) is 19.9. The topological polar surface area (TPSA) is 93.8 Å². The monoisotopic (exact) mass is 459 g/mol. The average Bonchev–Trinajstić information content (AvgIpc) is 3.16. The fourth-order valence-electron chi connectivity index (χ4n) is 2.29. The Kier molecular flexibility index (Phi) is 6.51. The van der Waals surface area contributed by atoms with E-state index in [-0.39, 0.29) is 5.00 Å². The normalized spacial score (nSPS) is 10.8. The van der Waals surface area contributed by atoms with Crippen molar-refractivity contribution in [2.45, 2.75) is 6.61 Å². The molecule has 9 heteroatoms. The van der Waals surface area contributed by atoms with Gasteiger partial charge in [0.2, 0.25) is 0 Å². The van der Waals surface area contributed by atoms with Gasteiger partial charge < -0.3 is 4.74 Å². The van der Waals surface area contributed by atoms with Gasteiger partial charge in [-0.3, -0.25) is 14.9 Å². The van der Waals surface area contributed by atoms with Gasteiger partial charge in [-0.1, -0.05) is 51.5 Å². The van der Waals surface area contributed by atoms with Crippen LogP contribution < -0.4 is 10.2 Å². The molecule has 0 saturated carbocycles. The first kappa shape index (κ1) is 19.7. The highest BCUT2D eigenvalue weighted by molar-refractivity contribution is 9.10. The predicted octanol–water partition coefficient (Wildman–Crippen LogP) is 4.76. The number of amides is 1. The highest BCUT2D eigenvalue weighted by Crippen LogP contribution is 2.23. The van der Waals surface area contributed by atoms with E-state index in [1.165, 1.54) is 12.3 Å². The molecule has 0 radical (unpaired) electrons. The van der Waals surface area contributed by atoms with E-state index in [0.717, 1.165) is 21.4 Å². The molecular weight excluding hydrogens is 446 g/mol. The molecule has 0 saturated heterocycles. The lowest BCUT2D eigenvalue weighted by atomic mass is 10.2. The van der Waals surface area contributed by atoms with Crippen molar-refractivity contribution in [2.75, 3.05) is 0 Å². The van der Waals surface area contributed by atoms with Crippen LogP contribution in [0.3, 0.4) is 0 Å². The third-order valence-electron chi connectivity index (χ3n) is 3.57. The van der Waals surface area contributed by atoms with Crippen LogP contribution >= 0.6 is 27.3 Å². The van der Waals surface area contributed by atoms with E-state index in [4.69, 9.17) is 4.74 Å². The van der Waals surface area contributed by atoms with Crippen molar-refractivity contribution in [2.24, 2.45) is 5.10 Å². The molecule has 0 fully saturated rings. The van der Waals surface area contributed by atoms with Crippen molar-refractivity contribution in [3.05, 3.63) is 91.3 Å². The molecular formula is C19H14BrN3O4S. The van der Waals surface area contributed by atoms with Crippen molar-refractivity contribution in [1.82, 2.24) is 5.43 Å². The number of para-hydroxylation sites is 1. The van der Waals surface area contributed by atoms with Crippen molar-refractivity contribution < 1.29 is 14.5 Å². The maximum atomic E-state index is 12.4. The first-order valence-corrected chi connectivity index (χ1v) is 9.68. The van der Waals surface area contributed by atoms with E-state index in [1.54, 1.807) is 30.3 Å². The highest BCUT2D eigenvalue weighted by Gasteiger charge is 2.12. The van der Waals surface area contributed by atoms with Crippen LogP contribution in [-0.2, 0) is 6.61 Å². The van der Waals surface area contributed by atoms with E-state index < -0.39 is 10.8 Å². The van der Waals surface area contributed by atoms with Crippen LogP contribution in [0.2, 0.25) is 0 Å². The first-order valence-electron chi connectivity index (χ1n) is 8.07. The van der Waals surface area contributed by atoms with E-state index in [9.17, 15) is 14.9 Å². The van der Waals surface area contributed by atoms with Crippen molar-refractivity contribution in [1.29, 1.82) is 0 Å². The molecule has 0 aliphatic rings. The molecule has 0 bridgehead atoms. The van der Waals surface area contributed by atoms with Crippen molar-refractivity contribution in [3.8, 4) is 5.75 Å². The Balaban J connectivity index is 1.64. The number of hydrogen-bond donors (Lipinski definition) is 1. The molecule has 1 heterocycles. The molecule has 142 valence electrons. The molecule has 3 aromatic rings. The quantitative estimate of drug-likeness (QED) is 0.313. The predicted molar refractivity (Wildman–Crippen MR) is 111 cm³/mol. The van der Waals surface area contributed by atoms with Gasteiger partial charge in [0, 0.05) is 10.5 Å². The zero-order valence-electron chi connectivity index (χ0n) is 14.4. The van der Waals surface area contributed by atoms with E-state index >= 15 is 0 Å². The third-order valence-corrected chi connectivity index (χ3v) is 5.03. The Morgan fingerprint density at radius 1 is 1.21 bits per heavy atom. The van der Waals surface area contributed by atoms with Crippen LogP contribution in [-0.4, -0.2) is 17.0 Å². The number of rotatable bonds is 7. The number of carbonyl (C=O) groups excluding carboxylic acids is 1. The van der Waals surface area contributed by atoms with Crippen LogP contribution in [0.5, 0.6) is 5.75 Å². The minimum atomic E-state index is -0.473. The van der Waals surface area contributed by atoms with Gasteiger partial charge in [0.15, 0.2) is 0 Å². The summed E-state index contributed by atoms with van der Waals surface area (Å²) in [6, 6.07) is 17.5. The molecule has 0 aliphatic heterocycles. The Labute approximate surface area is 172 Å². The Hall–Kier alpha value is -3.04. The summed E-state index contributed by atoms with van der Waals surface area (Å²) in [5.74, 6) is -0.00548. The van der Waals surface area contributed by atoms with Gasteiger partial charge in [-0.2, -0.15) is 5.10 Å². The summed E-state index contributed by atoms with van der Waals surface area (Å²) in [5, 5.41) is 14.6. The van der Waals surface area contributed by atoms with Crippen LogP contribution in [0.4, 0.5) is 5.00 Å². The number of carbonyl (C=O) groups is 1. The van der Waals surface area contributed by atoms with Gasteiger partial charge in [-0.05, 0) is 35.9 Å². The minimum absolute atomic E-state index is 0.0130. The summed E-state index contributed by atoms with van der Waals surface area (Å²) in [5.41, 5.74) is 3.71. The first-order chi connectivity index (χ1) is 13.5. The molecule has 0 atom stereocenters. The number of halogens is 1. The molecule has 1 amide bonds. The molecule has 3 rings (SSSR count). The molecule has 0 unspecified atom stereocenters. The molecule has 2 aromatic carbocycles. The number of hydrogen-bond acceptors (Lipinski definition) is 6. The number of nitrogens with zero attached hydrogens (tertiary/aromatic N) is 2. The van der Waals surface area contributed by atoms with Gasteiger partial charge in [-0.15, -0.1) is 0 Å². The Bertz CT molecular complexity index is 1040. The lowest BCUT2D eigenvalue weighted by Gasteiger charge is -2.10. The van der Waals surface area contributed by atoms with Crippen molar-refractivity contribution >= 4 is 44.4 Å². The number of nitrogens with one attached hydrogen (secondary N) is 1. The summed E-state index contributed by atoms with van der Waals surface area (Å²) < 4.78 is 6.73. The smallest absolute Gasteiger partial charge is 0.324 e. The largest absolute Gasteiger partial charge is 0.488 e. The second kappa shape index (κ2) is 9.25. The van der Waals surface area contributed by atoms with E-state index in [1.807, 2.05) is 24.3 Å². The van der Waals surface area contributed by atoms with Crippen LogP contribution in [0.1, 0.15) is 20.8 Å². The minimum Gasteiger partial charge on any atom is -0.488 e. The van der Waals surface area contributed by atoms with Crippen molar-refractivity contribution in [3.63, 3.8) is 0 Å². The number of thiophene rings is 1. The Morgan fingerprint density at radius 3 is 2.79 bits per heavy atom. The molecule has 1 aromatic heterocycles. The molecule has 0 spiro atoms. The summed E-state index contributed by atoms with van der Waals surface area (Å²) in [7, 11) is 0. The maximum absolute atomic E-state index is 12.4. The number of benzene rings is 2. The lowest BCUT2D eigenvalue weighted by Crippen LogP contribution is -2.18. The standard InChI is InChI=1S/C19H14BrN3O4S/c20-14-5-3-4-13(10-14)12-27-17-7-2-1-6-16(17)19(24)22-21-11-15-8-9-18(28-15)23(25)26/h1-11H,12H2,(H,22,24). The number of ether oxygens (including phenoxy) is 1. The van der Waals surface area contributed by atoms with Gasteiger partial charge in [0.25, 0.3) is 5.91 Å². The van der Waals surface area contributed by atoms with Gasteiger partial charge in [0.1, 0.15) is 12.4 Å². The third kappa shape index (κ3) is 5.24. The SMILES string of the molecule is O=C(NN=Cc1ccc([N+](=O)[O-])s1)c1ccccc1OCc1cccc(Br)c1.